The largest absolute Gasteiger partial charge is 0.495 e. The highest BCUT2D eigenvalue weighted by Crippen LogP contribution is 2.29. The summed E-state index contributed by atoms with van der Waals surface area (Å²) in [7, 11) is -2.64. The molecule has 0 unspecified atom stereocenters. The van der Waals surface area contributed by atoms with Gasteiger partial charge in [0.1, 0.15) is 5.75 Å². The van der Waals surface area contributed by atoms with Crippen molar-refractivity contribution in [2.45, 2.75) is 24.8 Å². The lowest BCUT2D eigenvalue weighted by molar-refractivity contribution is -0.142. The summed E-state index contributed by atoms with van der Waals surface area (Å²) >= 11 is 6.16. The van der Waals surface area contributed by atoms with Crippen molar-refractivity contribution in [1.29, 1.82) is 0 Å². The number of benzene rings is 3. The molecule has 1 N–H and O–H groups in total. The number of ether oxygens (including phenoxy) is 2. The number of rotatable bonds is 11. The van der Waals surface area contributed by atoms with Crippen molar-refractivity contribution in [2.75, 3.05) is 25.6 Å². The molecular formula is C26H27ClN2O6S. The van der Waals surface area contributed by atoms with E-state index in [2.05, 4.69) is 5.32 Å². The molecule has 0 spiro atoms. The SMILES string of the molecule is CCOC(=O)Cc1ccc(NC(=O)CN(Cc2ccccc2)S(=O)(=O)c2ccc(OC)c(Cl)c2)cc1. The molecule has 0 aliphatic rings. The molecule has 0 radical (unpaired) electrons. The number of hydrogen-bond acceptors (Lipinski definition) is 6. The fraction of sp³-hybridized carbons (Fsp3) is 0.231. The van der Waals surface area contributed by atoms with E-state index >= 15 is 0 Å². The quantitative estimate of drug-likeness (QED) is 0.371. The number of nitrogens with zero attached hydrogens (tertiary/aromatic N) is 1. The van der Waals surface area contributed by atoms with E-state index in [1.165, 1.54) is 25.3 Å². The number of sulfonamides is 1. The maximum Gasteiger partial charge on any atom is 0.310 e. The van der Waals surface area contributed by atoms with Gasteiger partial charge in [-0.1, -0.05) is 54.1 Å². The Hall–Kier alpha value is -3.40. The molecule has 3 rings (SSSR count). The smallest absolute Gasteiger partial charge is 0.310 e. The van der Waals surface area contributed by atoms with Gasteiger partial charge in [-0.05, 0) is 48.4 Å². The zero-order valence-electron chi connectivity index (χ0n) is 19.9. The Labute approximate surface area is 215 Å². The van der Waals surface area contributed by atoms with Gasteiger partial charge in [0, 0.05) is 12.2 Å². The summed E-state index contributed by atoms with van der Waals surface area (Å²) in [5, 5.41) is 2.85. The first kappa shape index (κ1) is 27.2. The van der Waals surface area contributed by atoms with Gasteiger partial charge in [0.2, 0.25) is 15.9 Å². The first-order valence-corrected chi connectivity index (χ1v) is 13.0. The van der Waals surface area contributed by atoms with E-state index in [1.54, 1.807) is 55.5 Å². The van der Waals surface area contributed by atoms with Crippen LogP contribution >= 0.6 is 11.6 Å². The van der Waals surface area contributed by atoms with Crippen molar-refractivity contribution in [3.63, 3.8) is 0 Å². The first-order chi connectivity index (χ1) is 17.2. The van der Waals surface area contributed by atoms with Crippen molar-refractivity contribution in [1.82, 2.24) is 4.31 Å². The maximum absolute atomic E-state index is 13.5. The fourth-order valence-corrected chi connectivity index (χ4v) is 5.15. The number of esters is 1. The molecule has 0 aromatic heterocycles. The third-order valence-electron chi connectivity index (χ3n) is 5.17. The second-order valence-corrected chi connectivity index (χ2v) is 10.1. The van der Waals surface area contributed by atoms with Gasteiger partial charge in [0.25, 0.3) is 0 Å². The summed E-state index contributed by atoms with van der Waals surface area (Å²) in [6.07, 6.45) is 0.121. The average Bonchev–Trinajstić information content (AvgIpc) is 2.85. The molecule has 0 aliphatic carbocycles. The Kier molecular flexibility index (Phi) is 9.46. The lowest BCUT2D eigenvalue weighted by Gasteiger charge is -2.22. The monoisotopic (exact) mass is 530 g/mol. The number of methoxy groups -OCH3 is 1. The molecule has 190 valence electrons. The van der Waals surface area contributed by atoms with Crippen LogP contribution in [-0.2, 0) is 37.3 Å². The highest BCUT2D eigenvalue weighted by atomic mass is 35.5. The molecule has 0 heterocycles. The highest BCUT2D eigenvalue weighted by Gasteiger charge is 2.28. The Morgan fingerprint density at radius 1 is 0.972 bits per heavy atom. The lowest BCUT2D eigenvalue weighted by atomic mass is 10.1. The van der Waals surface area contributed by atoms with Crippen molar-refractivity contribution in [3.05, 3.63) is 88.9 Å². The van der Waals surface area contributed by atoms with Crippen LogP contribution in [0.25, 0.3) is 0 Å². The number of hydrogen-bond donors (Lipinski definition) is 1. The third-order valence-corrected chi connectivity index (χ3v) is 7.26. The molecule has 0 saturated heterocycles. The maximum atomic E-state index is 13.5. The summed E-state index contributed by atoms with van der Waals surface area (Å²) in [6, 6.07) is 19.8. The minimum absolute atomic E-state index is 0.0152. The molecule has 0 bridgehead atoms. The van der Waals surface area contributed by atoms with Gasteiger partial charge in [-0.3, -0.25) is 9.59 Å². The molecule has 0 saturated carbocycles. The number of carbonyl (C=O) groups excluding carboxylic acids is 2. The summed E-state index contributed by atoms with van der Waals surface area (Å²) in [5.41, 5.74) is 1.92. The molecule has 0 fully saturated rings. The topological polar surface area (TPSA) is 102 Å². The van der Waals surface area contributed by atoms with Crippen LogP contribution in [0.2, 0.25) is 5.02 Å². The van der Waals surface area contributed by atoms with Gasteiger partial charge in [-0.25, -0.2) is 8.42 Å². The van der Waals surface area contributed by atoms with Crippen molar-refractivity contribution in [3.8, 4) is 5.75 Å². The molecule has 0 aliphatic heterocycles. The van der Waals surface area contributed by atoms with E-state index in [9.17, 15) is 18.0 Å². The molecule has 8 nitrogen and oxygen atoms in total. The summed E-state index contributed by atoms with van der Waals surface area (Å²) in [6.45, 7) is 1.60. The molecule has 36 heavy (non-hydrogen) atoms. The van der Waals surface area contributed by atoms with Crippen LogP contribution in [0.5, 0.6) is 5.75 Å². The lowest BCUT2D eigenvalue weighted by Crippen LogP contribution is -2.37. The minimum atomic E-state index is -4.08. The molecule has 3 aromatic carbocycles. The first-order valence-electron chi connectivity index (χ1n) is 11.1. The predicted octanol–water partition coefficient (Wildman–Crippen LogP) is 4.28. The molecule has 1 amide bonds. The van der Waals surface area contributed by atoms with Crippen LogP contribution in [0.4, 0.5) is 5.69 Å². The van der Waals surface area contributed by atoms with E-state index in [0.29, 0.717) is 18.0 Å². The Balaban J connectivity index is 1.78. The minimum Gasteiger partial charge on any atom is -0.495 e. The van der Waals surface area contributed by atoms with Crippen LogP contribution in [0.1, 0.15) is 18.1 Å². The summed E-state index contributed by atoms with van der Waals surface area (Å²) in [5.74, 6) is -0.517. The zero-order valence-corrected chi connectivity index (χ0v) is 21.5. The Morgan fingerprint density at radius 2 is 1.67 bits per heavy atom. The van der Waals surface area contributed by atoms with Crippen molar-refractivity contribution < 1.29 is 27.5 Å². The number of anilines is 1. The van der Waals surface area contributed by atoms with E-state index in [1.807, 2.05) is 6.07 Å². The highest BCUT2D eigenvalue weighted by molar-refractivity contribution is 7.89. The van der Waals surface area contributed by atoms with E-state index in [0.717, 1.165) is 15.4 Å². The molecule has 10 heteroatoms. The zero-order chi connectivity index (χ0) is 26.1. The van der Waals surface area contributed by atoms with E-state index in [-0.39, 0.29) is 28.9 Å². The van der Waals surface area contributed by atoms with Gasteiger partial charge in [-0.2, -0.15) is 4.31 Å². The van der Waals surface area contributed by atoms with Crippen LogP contribution in [0.3, 0.4) is 0 Å². The van der Waals surface area contributed by atoms with E-state index in [4.69, 9.17) is 21.1 Å². The standard InChI is InChI=1S/C26H27ClN2O6S/c1-3-35-26(31)15-19-9-11-21(12-10-19)28-25(30)18-29(17-20-7-5-4-6-8-20)36(32,33)22-13-14-24(34-2)23(27)16-22/h4-14,16H,3,15,17-18H2,1-2H3,(H,28,30). The number of halogens is 1. The predicted molar refractivity (Wildman–Crippen MR) is 137 cm³/mol. The second-order valence-electron chi connectivity index (χ2n) is 7.78. The van der Waals surface area contributed by atoms with E-state index < -0.39 is 22.5 Å². The van der Waals surface area contributed by atoms with Gasteiger partial charge in [0.05, 0.1) is 36.6 Å². The Morgan fingerprint density at radius 3 is 2.28 bits per heavy atom. The van der Waals surface area contributed by atoms with Crippen molar-refractivity contribution in [2.24, 2.45) is 0 Å². The van der Waals surface area contributed by atoms with Gasteiger partial charge in [0.15, 0.2) is 0 Å². The Bertz CT molecular complexity index is 1300. The van der Waals surface area contributed by atoms with Crippen LogP contribution in [0, 0.1) is 0 Å². The van der Waals surface area contributed by atoms with Gasteiger partial charge < -0.3 is 14.8 Å². The summed E-state index contributed by atoms with van der Waals surface area (Å²) < 4.78 is 38.1. The number of amides is 1. The summed E-state index contributed by atoms with van der Waals surface area (Å²) in [4.78, 5) is 24.5. The van der Waals surface area contributed by atoms with Crippen molar-refractivity contribution >= 4 is 39.2 Å². The second kappa shape index (κ2) is 12.5. The van der Waals surface area contributed by atoms with Crippen LogP contribution in [0.15, 0.2) is 77.7 Å². The fourth-order valence-electron chi connectivity index (χ4n) is 3.41. The third kappa shape index (κ3) is 7.30. The molecule has 0 atom stereocenters. The number of carbonyl (C=O) groups is 2. The normalized spacial score (nSPS) is 11.2. The van der Waals surface area contributed by atoms with Gasteiger partial charge >= 0.3 is 5.97 Å². The van der Waals surface area contributed by atoms with Gasteiger partial charge in [-0.15, -0.1) is 0 Å². The van der Waals surface area contributed by atoms with Crippen LogP contribution < -0.4 is 10.1 Å². The van der Waals surface area contributed by atoms with Crippen LogP contribution in [-0.4, -0.2) is 44.9 Å². The molecule has 3 aromatic rings. The molecular weight excluding hydrogens is 504 g/mol. The average molecular weight is 531 g/mol. The number of nitrogens with one attached hydrogen (secondary N) is 1.